The smallest absolute Gasteiger partial charge is 0.261 e. The number of anilines is 1. The molecule has 0 spiro atoms. The summed E-state index contributed by atoms with van der Waals surface area (Å²) in [6, 6.07) is 14.1. The van der Waals surface area contributed by atoms with Gasteiger partial charge in [0.05, 0.1) is 35.4 Å². The van der Waals surface area contributed by atoms with Crippen molar-refractivity contribution in [2.45, 2.75) is 42.2 Å². The molecule has 0 unspecified atom stereocenters. The Morgan fingerprint density at radius 1 is 1.07 bits per heavy atom. The zero-order valence-electron chi connectivity index (χ0n) is 23.8. The maximum atomic E-state index is 13.4. The Hall–Kier alpha value is -3.23. The summed E-state index contributed by atoms with van der Waals surface area (Å²) in [6.07, 6.45) is -0.892. The summed E-state index contributed by atoms with van der Waals surface area (Å²) in [5.41, 5.74) is 0.509. The minimum atomic E-state index is -4.07. The third kappa shape index (κ3) is 7.65. The van der Waals surface area contributed by atoms with E-state index in [0.29, 0.717) is 10.6 Å². The van der Waals surface area contributed by atoms with Gasteiger partial charge in [0.2, 0.25) is 15.9 Å². The van der Waals surface area contributed by atoms with Crippen molar-refractivity contribution in [3.8, 4) is 5.75 Å². The molecule has 0 saturated carbocycles. The molecule has 0 aromatic heterocycles. The SMILES string of the molecule is C[C@@H]1CN([C@@H](C)CO)C(=O)Cc2cc(NS(=O)(=O)c3ccc(F)cc3)ccc2O[C@H]1CN(C)S(=O)(=O)c1ccc(Cl)cc1. The molecule has 1 aliphatic rings. The van der Waals surface area contributed by atoms with E-state index in [4.69, 9.17) is 16.3 Å². The van der Waals surface area contributed by atoms with Crippen molar-refractivity contribution in [2.75, 3.05) is 31.5 Å². The third-order valence-corrected chi connectivity index (χ3v) is 10.7. The number of carbonyl (C=O) groups excluding carboxylic acids is 1. The number of nitrogens with zero attached hydrogens (tertiary/aromatic N) is 2. The summed E-state index contributed by atoms with van der Waals surface area (Å²) >= 11 is 5.93. The number of aliphatic hydroxyl groups is 1. The van der Waals surface area contributed by atoms with E-state index in [-0.39, 0.29) is 59.2 Å². The molecule has 3 aromatic rings. The zero-order valence-corrected chi connectivity index (χ0v) is 26.2. The largest absolute Gasteiger partial charge is 0.488 e. The summed E-state index contributed by atoms with van der Waals surface area (Å²) in [4.78, 5) is 14.9. The maximum Gasteiger partial charge on any atom is 0.261 e. The van der Waals surface area contributed by atoms with E-state index in [1.807, 2.05) is 6.92 Å². The lowest BCUT2D eigenvalue weighted by Gasteiger charge is -2.33. The second kappa shape index (κ2) is 13.2. The molecule has 1 amide bonds. The number of likely N-dealkylation sites (N-methyl/N-ethyl adjacent to an activating group) is 1. The highest BCUT2D eigenvalue weighted by Crippen LogP contribution is 2.31. The number of fused-ring (bicyclic) bond motifs is 1. The molecule has 0 bridgehead atoms. The van der Waals surface area contributed by atoms with Crippen molar-refractivity contribution in [1.29, 1.82) is 0 Å². The monoisotopic (exact) mass is 653 g/mol. The fourth-order valence-corrected chi connectivity index (χ4v) is 7.04. The van der Waals surface area contributed by atoms with E-state index in [1.165, 1.54) is 58.7 Å². The number of hydrogen-bond acceptors (Lipinski definition) is 7. The van der Waals surface area contributed by atoms with Crippen LogP contribution in [0, 0.1) is 11.7 Å². The fourth-order valence-electron chi connectivity index (χ4n) is 4.68. The van der Waals surface area contributed by atoms with Crippen LogP contribution in [0.5, 0.6) is 5.75 Å². The highest BCUT2D eigenvalue weighted by Gasteiger charge is 2.33. The van der Waals surface area contributed by atoms with Gasteiger partial charge in [0.1, 0.15) is 17.7 Å². The number of sulfonamides is 2. The van der Waals surface area contributed by atoms with Gasteiger partial charge in [-0.2, -0.15) is 4.31 Å². The van der Waals surface area contributed by atoms with Crippen LogP contribution in [0.1, 0.15) is 19.4 Å². The quantitative estimate of drug-likeness (QED) is 0.359. The van der Waals surface area contributed by atoms with Crippen LogP contribution in [0.2, 0.25) is 5.02 Å². The van der Waals surface area contributed by atoms with Gasteiger partial charge in [0, 0.05) is 35.8 Å². The van der Waals surface area contributed by atoms with Gasteiger partial charge < -0.3 is 14.7 Å². The van der Waals surface area contributed by atoms with Crippen molar-refractivity contribution >= 4 is 43.2 Å². The molecule has 0 saturated heterocycles. The van der Waals surface area contributed by atoms with Gasteiger partial charge in [-0.3, -0.25) is 9.52 Å². The van der Waals surface area contributed by atoms with E-state index in [0.717, 1.165) is 24.3 Å². The maximum absolute atomic E-state index is 13.4. The molecular weight excluding hydrogens is 621 g/mol. The van der Waals surface area contributed by atoms with Gasteiger partial charge in [-0.25, -0.2) is 21.2 Å². The number of ether oxygens (including phenoxy) is 1. The predicted octanol–water partition coefficient (Wildman–Crippen LogP) is 3.75. The number of nitrogens with one attached hydrogen (secondary N) is 1. The van der Waals surface area contributed by atoms with Crippen molar-refractivity contribution in [3.05, 3.63) is 83.1 Å². The normalized spacial score (nSPS) is 18.7. The average Bonchev–Trinajstić information content (AvgIpc) is 3.00. The molecule has 1 heterocycles. The summed E-state index contributed by atoms with van der Waals surface area (Å²) in [5.74, 6) is -0.988. The zero-order chi connectivity index (χ0) is 31.5. The summed E-state index contributed by atoms with van der Waals surface area (Å²) in [7, 11) is -6.55. The highest BCUT2D eigenvalue weighted by molar-refractivity contribution is 7.92. The number of carbonyl (C=O) groups is 1. The number of aliphatic hydroxyl groups excluding tert-OH is 1. The third-order valence-electron chi connectivity index (χ3n) is 7.25. The van der Waals surface area contributed by atoms with Crippen molar-refractivity contribution in [1.82, 2.24) is 9.21 Å². The van der Waals surface area contributed by atoms with Crippen LogP contribution in [-0.2, 0) is 31.3 Å². The minimum absolute atomic E-state index is 0.0549. The first-order valence-electron chi connectivity index (χ1n) is 13.4. The average molecular weight is 654 g/mol. The minimum Gasteiger partial charge on any atom is -0.488 e. The first-order valence-corrected chi connectivity index (χ1v) is 16.7. The molecule has 14 heteroatoms. The van der Waals surface area contributed by atoms with Gasteiger partial charge in [0.15, 0.2) is 0 Å². The van der Waals surface area contributed by atoms with E-state index in [9.17, 15) is 31.1 Å². The summed E-state index contributed by atoms with van der Waals surface area (Å²) in [5, 5.41) is 10.3. The molecule has 0 fully saturated rings. The molecule has 0 radical (unpaired) electrons. The van der Waals surface area contributed by atoms with E-state index in [1.54, 1.807) is 6.92 Å². The number of amides is 1. The van der Waals surface area contributed by atoms with Crippen LogP contribution in [0.4, 0.5) is 10.1 Å². The Morgan fingerprint density at radius 3 is 2.33 bits per heavy atom. The molecule has 232 valence electrons. The molecular formula is C29H33ClFN3O7S2. The lowest BCUT2D eigenvalue weighted by molar-refractivity contribution is -0.134. The molecule has 4 rings (SSSR count). The van der Waals surface area contributed by atoms with Crippen LogP contribution in [0.15, 0.2) is 76.5 Å². The molecule has 0 aliphatic carbocycles. The Balaban J connectivity index is 1.68. The molecule has 43 heavy (non-hydrogen) atoms. The highest BCUT2D eigenvalue weighted by atomic mass is 35.5. The van der Waals surface area contributed by atoms with Crippen molar-refractivity contribution < 1.29 is 35.9 Å². The first-order chi connectivity index (χ1) is 20.2. The second-order valence-corrected chi connectivity index (χ2v) is 14.7. The molecule has 10 nitrogen and oxygen atoms in total. The van der Waals surface area contributed by atoms with Crippen LogP contribution in [-0.4, -0.2) is 75.9 Å². The molecule has 2 N–H and O–H groups in total. The van der Waals surface area contributed by atoms with Crippen LogP contribution >= 0.6 is 11.6 Å². The second-order valence-electron chi connectivity index (χ2n) is 10.5. The Bertz CT molecular complexity index is 1670. The number of benzene rings is 3. The molecule has 3 atom stereocenters. The Morgan fingerprint density at radius 2 is 1.70 bits per heavy atom. The van der Waals surface area contributed by atoms with Crippen LogP contribution < -0.4 is 9.46 Å². The van der Waals surface area contributed by atoms with Crippen molar-refractivity contribution in [2.24, 2.45) is 5.92 Å². The van der Waals surface area contributed by atoms with Gasteiger partial charge in [0.25, 0.3) is 10.0 Å². The van der Waals surface area contributed by atoms with Gasteiger partial charge >= 0.3 is 0 Å². The van der Waals surface area contributed by atoms with Gasteiger partial charge in [-0.15, -0.1) is 0 Å². The van der Waals surface area contributed by atoms with Crippen LogP contribution in [0.25, 0.3) is 0 Å². The summed E-state index contributed by atoms with van der Waals surface area (Å²) < 4.78 is 75.8. The topological polar surface area (TPSA) is 133 Å². The molecule has 3 aromatic carbocycles. The first kappa shape index (κ1) is 32.7. The predicted molar refractivity (Wildman–Crippen MR) is 160 cm³/mol. The van der Waals surface area contributed by atoms with Crippen molar-refractivity contribution in [3.63, 3.8) is 0 Å². The number of halogens is 2. The molecule has 1 aliphatic heterocycles. The van der Waals surface area contributed by atoms with Gasteiger partial charge in [-0.1, -0.05) is 18.5 Å². The number of hydrogen-bond donors (Lipinski definition) is 2. The lowest BCUT2D eigenvalue weighted by atomic mass is 10.0. The van der Waals surface area contributed by atoms with E-state index < -0.39 is 38.0 Å². The fraction of sp³-hybridized carbons (Fsp3) is 0.345. The van der Waals surface area contributed by atoms with E-state index in [2.05, 4.69) is 4.72 Å². The lowest BCUT2D eigenvalue weighted by Crippen LogP contribution is -2.48. The van der Waals surface area contributed by atoms with Gasteiger partial charge in [-0.05, 0) is 73.7 Å². The Kier molecular flexibility index (Phi) is 10.0. The summed E-state index contributed by atoms with van der Waals surface area (Å²) in [6.45, 7) is 3.34. The van der Waals surface area contributed by atoms with Crippen LogP contribution in [0.3, 0.4) is 0 Å². The standard InChI is InChI=1S/C29H33ClFN3O7S2/c1-19-16-34(20(2)18-35)29(36)15-21-14-24(32-42(37,38)25-11-6-23(31)7-12-25)8-13-27(21)41-28(19)17-33(3)43(39,40)26-9-4-22(30)5-10-26/h4-14,19-20,28,32,35H,15-18H2,1-3H3/t19-,20+,28+/m1/s1. The Labute approximate surface area is 256 Å². The number of rotatable bonds is 9. The van der Waals surface area contributed by atoms with E-state index >= 15 is 0 Å².